The predicted molar refractivity (Wildman–Crippen MR) is 162 cm³/mol. The average Bonchev–Trinajstić information content (AvgIpc) is 3.42. The minimum absolute atomic E-state index is 0.199. The molecule has 0 unspecified atom stereocenters. The Balaban J connectivity index is 1.61. The number of carbonyl (C=O) groups is 1. The predicted octanol–water partition coefficient (Wildman–Crippen LogP) is 10.3. The first-order valence-corrected chi connectivity index (χ1v) is 15.5. The fourth-order valence-corrected chi connectivity index (χ4v) is 4.83. The Morgan fingerprint density at radius 2 is 1.47 bits per heavy atom. The summed E-state index contributed by atoms with van der Waals surface area (Å²) in [5, 5.41) is 4.14. The zero-order chi connectivity index (χ0) is 31.5. The maximum atomic E-state index is 13.2. The van der Waals surface area contributed by atoms with Gasteiger partial charge in [-0.3, -0.25) is 4.90 Å². The SMILES string of the molecule is CCCCCCCCCCCc1noc(-c2ccc(CN(C(=O)OC(C)(C)C)[C@@H](C)c3ccc(C(F)(F)F)cc3)cc2)n1. The molecule has 0 aliphatic rings. The number of unbranched alkanes of at least 4 members (excludes halogenated alkanes) is 8. The summed E-state index contributed by atoms with van der Waals surface area (Å²) in [5.74, 6) is 1.14. The van der Waals surface area contributed by atoms with Gasteiger partial charge in [0.05, 0.1) is 11.6 Å². The Hall–Kier alpha value is -3.36. The minimum atomic E-state index is -4.43. The number of hydrogen-bond donors (Lipinski definition) is 0. The summed E-state index contributed by atoms with van der Waals surface area (Å²) in [5.41, 5.74) is 0.696. The van der Waals surface area contributed by atoms with Crippen molar-refractivity contribution in [1.82, 2.24) is 15.0 Å². The van der Waals surface area contributed by atoms with Crippen LogP contribution >= 0.6 is 0 Å². The summed E-state index contributed by atoms with van der Waals surface area (Å²) in [6.07, 6.45) is 7.09. The number of benzene rings is 2. The number of carbonyl (C=O) groups excluding carboxylic acids is 1. The van der Waals surface area contributed by atoms with Crippen LogP contribution in [0, 0.1) is 0 Å². The van der Waals surface area contributed by atoms with Gasteiger partial charge in [-0.15, -0.1) is 0 Å². The molecule has 0 N–H and O–H groups in total. The normalized spacial score (nSPS) is 12.7. The molecule has 9 heteroatoms. The summed E-state index contributed by atoms with van der Waals surface area (Å²) in [6.45, 7) is 9.53. The molecule has 236 valence electrons. The highest BCUT2D eigenvalue weighted by atomic mass is 19.4. The quantitative estimate of drug-likeness (QED) is 0.162. The number of amides is 1. The Labute approximate surface area is 254 Å². The molecule has 6 nitrogen and oxygen atoms in total. The molecular formula is C34H46F3N3O3. The monoisotopic (exact) mass is 601 g/mol. The van der Waals surface area contributed by atoms with E-state index < -0.39 is 29.5 Å². The first kappa shape index (κ1) is 34.1. The topological polar surface area (TPSA) is 68.5 Å². The van der Waals surface area contributed by atoms with Gasteiger partial charge in [-0.05, 0) is 69.5 Å². The number of alkyl halides is 3. The van der Waals surface area contributed by atoms with E-state index in [1.54, 1.807) is 27.7 Å². The van der Waals surface area contributed by atoms with Gasteiger partial charge in [0.25, 0.3) is 5.89 Å². The Kier molecular flexibility index (Phi) is 12.6. The van der Waals surface area contributed by atoms with Gasteiger partial charge in [0.2, 0.25) is 0 Å². The Morgan fingerprint density at radius 3 is 2.02 bits per heavy atom. The minimum Gasteiger partial charge on any atom is -0.444 e. The molecule has 0 bridgehead atoms. The van der Waals surface area contributed by atoms with E-state index in [-0.39, 0.29) is 6.54 Å². The highest BCUT2D eigenvalue weighted by Gasteiger charge is 2.31. The molecule has 3 rings (SSSR count). The van der Waals surface area contributed by atoms with Crippen molar-refractivity contribution < 1.29 is 27.2 Å². The van der Waals surface area contributed by atoms with Crippen LogP contribution in [0.4, 0.5) is 18.0 Å². The molecule has 0 aliphatic heterocycles. The lowest BCUT2D eigenvalue weighted by Gasteiger charge is -2.32. The van der Waals surface area contributed by atoms with Gasteiger partial charge in [-0.1, -0.05) is 87.7 Å². The largest absolute Gasteiger partial charge is 0.444 e. The van der Waals surface area contributed by atoms with Crippen molar-refractivity contribution in [2.75, 3.05) is 0 Å². The maximum Gasteiger partial charge on any atom is 0.416 e. The average molecular weight is 602 g/mol. The van der Waals surface area contributed by atoms with Crippen molar-refractivity contribution in [3.05, 3.63) is 71.0 Å². The summed E-state index contributed by atoms with van der Waals surface area (Å²) in [7, 11) is 0. The molecule has 1 heterocycles. The van der Waals surface area contributed by atoms with E-state index in [4.69, 9.17) is 9.26 Å². The van der Waals surface area contributed by atoms with Crippen LogP contribution in [0.5, 0.6) is 0 Å². The van der Waals surface area contributed by atoms with E-state index in [0.29, 0.717) is 17.3 Å². The summed E-state index contributed by atoms with van der Waals surface area (Å²) >= 11 is 0. The number of halogens is 3. The molecule has 3 aromatic rings. The number of aromatic nitrogens is 2. The van der Waals surface area contributed by atoms with Crippen molar-refractivity contribution in [3.8, 4) is 11.5 Å². The third kappa shape index (κ3) is 11.3. The third-order valence-electron chi connectivity index (χ3n) is 7.34. The zero-order valence-electron chi connectivity index (χ0n) is 26.2. The second-order valence-corrected chi connectivity index (χ2v) is 12.2. The fraction of sp³-hybridized carbons (Fsp3) is 0.559. The maximum absolute atomic E-state index is 13.2. The molecule has 43 heavy (non-hydrogen) atoms. The molecule has 0 saturated heterocycles. The fourth-order valence-electron chi connectivity index (χ4n) is 4.83. The van der Waals surface area contributed by atoms with Gasteiger partial charge >= 0.3 is 12.3 Å². The highest BCUT2D eigenvalue weighted by molar-refractivity contribution is 5.69. The van der Waals surface area contributed by atoms with E-state index in [1.165, 1.54) is 62.0 Å². The number of rotatable bonds is 15. The molecule has 1 aromatic heterocycles. The van der Waals surface area contributed by atoms with E-state index in [2.05, 4.69) is 17.1 Å². The van der Waals surface area contributed by atoms with Crippen LogP contribution in [-0.4, -0.2) is 26.7 Å². The number of aryl methyl sites for hydroxylation is 1. The molecule has 2 aromatic carbocycles. The molecule has 1 amide bonds. The lowest BCUT2D eigenvalue weighted by molar-refractivity contribution is -0.137. The Morgan fingerprint density at radius 1 is 0.884 bits per heavy atom. The highest BCUT2D eigenvalue weighted by Crippen LogP contribution is 2.32. The summed E-state index contributed by atoms with van der Waals surface area (Å²) < 4.78 is 50.4. The second-order valence-electron chi connectivity index (χ2n) is 12.2. The van der Waals surface area contributed by atoms with Gasteiger partial charge in [0.15, 0.2) is 5.82 Å². The summed E-state index contributed by atoms with van der Waals surface area (Å²) in [4.78, 5) is 19.3. The number of hydrogen-bond acceptors (Lipinski definition) is 5. The number of ether oxygens (including phenoxy) is 1. The summed E-state index contributed by atoms with van der Waals surface area (Å²) in [6, 6.07) is 11.8. The van der Waals surface area contributed by atoms with Crippen molar-refractivity contribution in [2.45, 2.75) is 123 Å². The van der Waals surface area contributed by atoms with Crippen LogP contribution in [0.1, 0.15) is 121 Å². The standard InChI is InChI=1S/C34H46F3N3O3/c1-6-7-8-9-10-11-12-13-14-15-30-38-31(43-39-30)28-18-16-26(17-19-28)24-40(32(41)42-33(3,4)5)25(2)27-20-22-29(23-21-27)34(35,36)37/h16-23,25H,6-15,24H2,1-5H3/t25-/m0/s1. The molecule has 0 fully saturated rings. The molecule has 0 spiro atoms. The van der Waals surface area contributed by atoms with Crippen LogP contribution in [0.25, 0.3) is 11.5 Å². The van der Waals surface area contributed by atoms with Gasteiger partial charge in [-0.25, -0.2) is 4.79 Å². The first-order chi connectivity index (χ1) is 20.4. The second kappa shape index (κ2) is 15.9. The lowest BCUT2D eigenvalue weighted by Crippen LogP contribution is -2.38. The van der Waals surface area contributed by atoms with Crippen molar-refractivity contribution in [3.63, 3.8) is 0 Å². The van der Waals surface area contributed by atoms with Gasteiger partial charge in [0, 0.05) is 18.5 Å². The molecule has 0 radical (unpaired) electrons. The number of nitrogens with zero attached hydrogens (tertiary/aromatic N) is 3. The van der Waals surface area contributed by atoms with Gasteiger partial charge < -0.3 is 9.26 Å². The van der Waals surface area contributed by atoms with Crippen LogP contribution in [0.15, 0.2) is 53.1 Å². The van der Waals surface area contributed by atoms with Gasteiger partial charge in [0.1, 0.15) is 5.60 Å². The molecule has 0 saturated carbocycles. The van der Waals surface area contributed by atoms with Crippen LogP contribution in [0.2, 0.25) is 0 Å². The molecular weight excluding hydrogens is 555 g/mol. The van der Waals surface area contributed by atoms with Crippen molar-refractivity contribution in [1.29, 1.82) is 0 Å². The first-order valence-electron chi connectivity index (χ1n) is 15.5. The van der Waals surface area contributed by atoms with Crippen molar-refractivity contribution in [2.24, 2.45) is 0 Å². The van der Waals surface area contributed by atoms with E-state index >= 15 is 0 Å². The van der Waals surface area contributed by atoms with E-state index in [9.17, 15) is 18.0 Å². The molecule has 1 atom stereocenters. The van der Waals surface area contributed by atoms with Crippen LogP contribution in [0.3, 0.4) is 0 Å². The van der Waals surface area contributed by atoms with Crippen LogP contribution in [-0.2, 0) is 23.9 Å². The molecule has 0 aliphatic carbocycles. The third-order valence-corrected chi connectivity index (χ3v) is 7.34. The smallest absolute Gasteiger partial charge is 0.416 e. The zero-order valence-corrected chi connectivity index (χ0v) is 26.2. The lowest BCUT2D eigenvalue weighted by atomic mass is 10.0. The van der Waals surface area contributed by atoms with Crippen LogP contribution < -0.4 is 0 Å². The van der Waals surface area contributed by atoms with E-state index in [1.807, 2.05) is 24.3 Å². The van der Waals surface area contributed by atoms with Gasteiger partial charge in [-0.2, -0.15) is 18.2 Å². The van der Waals surface area contributed by atoms with E-state index in [0.717, 1.165) is 42.5 Å². The Bertz CT molecular complexity index is 1250. The van der Waals surface area contributed by atoms with Crippen molar-refractivity contribution >= 4 is 6.09 Å².